The van der Waals surface area contributed by atoms with Gasteiger partial charge in [-0.1, -0.05) is 17.7 Å². The number of halogens is 1. The average molecular weight is 349 g/mol. The van der Waals surface area contributed by atoms with Crippen LogP contribution in [0.25, 0.3) is 0 Å². The lowest BCUT2D eigenvalue weighted by Crippen LogP contribution is -2.51. The number of hydrogen-bond acceptors (Lipinski definition) is 5. The molecule has 1 saturated heterocycles. The van der Waals surface area contributed by atoms with Crippen LogP contribution in [0.2, 0.25) is 5.02 Å². The van der Waals surface area contributed by atoms with Crippen LogP contribution in [-0.4, -0.2) is 62.2 Å². The summed E-state index contributed by atoms with van der Waals surface area (Å²) in [6.07, 6.45) is 0. The lowest BCUT2D eigenvalue weighted by Gasteiger charge is -2.36. The summed E-state index contributed by atoms with van der Waals surface area (Å²) in [5, 5.41) is 11.4. The van der Waals surface area contributed by atoms with E-state index in [1.54, 1.807) is 11.0 Å². The first kappa shape index (κ1) is 16.9. The Hall–Kier alpha value is -1.42. The van der Waals surface area contributed by atoms with Crippen molar-refractivity contribution in [1.82, 2.24) is 8.61 Å². The van der Waals surface area contributed by atoms with E-state index in [1.807, 2.05) is 0 Å². The maximum Gasteiger partial charge on any atom is 0.294 e. The standard InChI is InChI=1S/C12H17ClN4O4S/c1-14(2)22(20,21)16-8-6-15(7-9-16)12-10(13)4-3-5-11(12)17(18)19/h3-5H,6-9H2,1-2H3. The topological polar surface area (TPSA) is 87.0 Å². The zero-order valence-electron chi connectivity index (χ0n) is 12.3. The monoisotopic (exact) mass is 348 g/mol. The highest BCUT2D eigenvalue weighted by molar-refractivity contribution is 7.86. The number of nitro benzene ring substituents is 1. The summed E-state index contributed by atoms with van der Waals surface area (Å²) in [5.74, 6) is 0. The number of rotatable bonds is 4. The second-order valence-electron chi connectivity index (χ2n) is 5.04. The van der Waals surface area contributed by atoms with E-state index >= 15 is 0 Å². The molecule has 0 bridgehead atoms. The second kappa shape index (κ2) is 6.37. The smallest absolute Gasteiger partial charge is 0.294 e. The van der Waals surface area contributed by atoms with Crippen LogP contribution in [-0.2, 0) is 10.2 Å². The zero-order valence-corrected chi connectivity index (χ0v) is 13.8. The molecule has 0 unspecified atom stereocenters. The highest BCUT2D eigenvalue weighted by atomic mass is 35.5. The van der Waals surface area contributed by atoms with E-state index in [1.165, 1.54) is 30.5 Å². The van der Waals surface area contributed by atoms with Gasteiger partial charge in [0.15, 0.2) is 0 Å². The summed E-state index contributed by atoms with van der Waals surface area (Å²) < 4.78 is 26.6. The van der Waals surface area contributed by atoms with E-state index in [9.17, 15) is 18.5 Å². The second-order valence-corrected chi connectivity index (χ2v) is 7.59. The molecule has 1 aromatic carbocycles. The molecular formula is C12H17ClN4O4S. The van der Waals surface area contributed by atoms with Gasteiger partial charge in [0.05, 0.1) is 9.95 Å². The van der Waals surface area contributed by atoms with Gasteiger partial charge < -0.3 is 4.90 Å². The van der Waals surface area contributed by atoms with E-state index in [-0.39, 0.29) is 23.8 Å². The van der Waals surface area contributed by atoms with Gasteiger partial charge in [-0.3, -0.25) is 10.1 Å². The minimum Gasteiger partial charge on any atom is -0.362 e. The Kier molecular flexibility index (Phi) is 4.90. The van der Waals surface area contributed by atoms with E-state index in [0.717, 1.165) is 4.31 Å². The van der Waals surface area contributed by atoms with Crippen molar-refractivity contribution in [3.63, 3.8) is 0 Å². The van der Waals surface area contributed by atoms with Gasteiger partial charge in [0.2, 0.25) is 0 Å². The molecule has 10 heteroatoms. The van der Waals surface area contributed by atoms with Crippen molar-refractivity contribution in [1.29, 1.82) is 0 Å². The molecule has 0 aromatic heterocycles. The first-order valence-electron chi connectivity index (χ1n) is 6.60. The van der Waals surface area contributed by atoms with Crippen molar-refractivity contribution in [3.05, 3.63) is 33.3 Å². The van der Waals surface area contributed by atoms with Crippen molar-refractivity contribution < 1.29 is 13.3 Å². The molecule has 1 aliphatic rings. The molecule has 0 N–H and O–H groups in total. The molecule has 1 aliphatic heterocycles. The van der Waals surface area contributed by atoms with Gasteiger partial charge in [0, 0.05) is 46.3 Å². The van der Waals surface area contributed by atoms with E-state index in [0.29, 0.717) is 18.8 Å². The first-order valence-corrected chi connectivity index (χ1v) is 8.38. The molecule has 0 saturated carbocycles. The van der Waals surface area contributed by atoms with Crippen molar-refractivity contribution >= 4 is 33.2 Å². The fourth-order valence-electron chi connectivity index (χ4n) is 2.34. The van der Waals surface area contributed by atoms with Crippen LogP contribution in [0.15, 0.2) is 18.2 Å². The maximum absolute atomic E-state index is 12.1. The Morgan fingerprint density at radius 3 is 2.32 bits per heavy atom. The van der Waals surface area contributed by atoms with Crippen LogP contribution in [0.3, 0.4) is 0 Å². The summed E-state index contributed by atoms with van der Waals surface area (Å²) in [4.78, 5) is 12.4. The van der Waals surface area contributed by atoms with E-state index in [2.05, 4.69) is 0 Å². The molecule has 22 heavy (non-hydrogen) atoms. The largest absolute Gasteiger partial charge is 0.362 e. The summed E-state index contributed by atoms with van der Waals surface area (Å²) in [6.45, 7) is 1.20. The third kappa shape index (κ3) is 3.17. The third-order valence-electron chi connectivity index (χ3n) is 3.50. The number of nitro groups is 1. The van der Waals surface area contributed by atoms with Gasteiger partial charge in [-0.25, -0.2) is 0 Å². The van der Waals surface area contributed by atoms with E-state index in [4.69, 9.17) is 11.6 Å². The number of hydrogen-bond donors (Lipinski definition) is 0. The van der Waals surface area contributed by atoms with E-state index < -0.39 is 15.1 Å². The third-order valence-corrected chi connectivity index (χ3v) is 5.75. The molecular weight excluding hydrogens is 332 g/mol. The molecule has 2 rings (SSSR count). The van der Waals surface area contributed by atoms with Gasteiger partial charge in [0.1, 0.15) is 5.69 Å². The number of para-hydroxylation sites is 1. The van der Waals surface area contributed by atoms with Crippen molar-refractivity contribution in [2.75, 3.05) is 45.2 Å². The molecule has 1 fully saturated rings. The van der Waals surface area contributed by atoms with Crippen LogP contribution in [0.5, 0.6) is 0 Å². The first-order chi connectivity index (χ1) is 10.2. The highest BCUT2D eigenvalue weighted by Crippen LogP contribution is 2.36. The zero-order chi connectivity index (χ0) is 16.5. The average Bonchev–Trinajstić information content (AvgIpc) is 2.46. The summed E-state index contributed by atoms with van der Waals surface area (Å²) in [7, 11) is -0.523. The minimum atomic E-state index is -3.47. The number of piperazine rings is 1. The predicted octanol–water partition coefficient (Wildman–Crippen LogP) is 1.18. The Morgan fingerprint density at radius 1 is 1.23 bits per heavy atom. The molecule has 1 aromatic rings. The Bertz CT molecular complexity index is 672. The minimum absolute atomic E-state index is 0.0728. The Labute approximate surface area is 134 Å². The van der Waals surface area contributed by atoms with Crippen molar-refractivity contribution in [2.45, 2.75) is 0 Å². The van der Waals surface area contributed by atoms with Crippen molar-refractivity contribution in [3.8, 4) is 0 Å². The van der Waals surface area contributed by atoms with Crippen LogP contribution < -0.4 is 4.90 Å². The molecule has 122 valence electrons. The maximum atomic E-state index is 12.1. The number of anilines is 1. The van der Waals surface area contributed by atoms with Crippen molar-refractivity contribution in [2.24, 2.45) is 0 Å². The van der Waals surface area contributed by atoms with Gasteiger partial charge >= 0.3 is 0 Å². The molecule has 0 amide bonds. The molecule has 8 nitrogen and oxygen atoms in total. The summed E-state index contributed by atoms with van der Waals surface area (Å²) in [5.41, 5.74) is 0.271. The predicted molar refractivity (Wildman–Crippen MR) is 84.5 cm³/mol. The number of benzene rings is 1. The van der Waals surface area contributed by atoms with Gasteiger partial charge in [-0.05, 0) is 6.07 Å². The normalized spacial score (nSPS) is 17.0. The van der Waals surface area contributed by atoms with Crippen LogP contribution >= 0.6 is 11.6 Å². The summed E-state index contributed by atoms with van der Waals surface area (Å²) in [6, 6.07) is 4.51. The molecule has 1 heterocycles. The highest BCUT2D eigenvalue weighted by Gasteiger charge is 2.31. The Balaban J connectivity index is 2.22. The lowest BCUT2D eigenvalue weighted by atomic mass is 10.2. The van der Waals surface area contributed by atoms with Gasteiger partial charge in [0.25, 0.3) is 15.9 Å². The van der Waals surface area contributed by atoms with Crippen LogP contribution in [0, 0.1) is 10.1 Å². The number of nitrogens with zero attached hydrogens (tertiary/aromatic N) is 4. The Morgan fingerprint density at radius 2 is 1.82 bits per heavy atom. The van der Waals surface area contributed by atoms with Gasteiger partial charge in [-0.15, -0.1) is 0 Å². The lowest BCUT2D eigenvalue weighted by molar-refractivity contribution is -0.384. The molecule has 0 spiro atoms. The fraction of sp³-hybridized carbons (Fsp3) is 0.500. The van der Waals surface area contributed by atoms with Crippen LogP contribution in [0.4, 0.5) is 11.4 Å². The fourth-order valence-corrected chi connectivity index (χ4v) is 3.71. The SMILES string of the molecule is CN(C)S(=O)(=O)N1CCN(c2c(Cl)cccc2[N+](=O)[O-])CC1. The summed E-state index contributed by atoms with van der Waals surface area (Å²) >= 11 is 6.10. The molecule has 0 atom stereocenters. The molecule has 0 radical (unpaired) electrons. The van der Waals surface area contributed by atoms with Gasteiger partial charge in [-0.2, -0.15) is 17.0 Å². The molecule has 0 aliphatic carbocycles. The quantitative estimate of drug-likeness (QED) is 0.602. The van der Waals surface area contributed by atoms with Crippen LogP contribution in [0.1, 0.15) is 0 Å².